The molecule has 27 heavy (non-hydrogen) atoms. The van der Waals surface area contributed by atoms with Crippen LogP contribution in [0.4, 0.5) is 0 Å². The molecule has 0 aliphatic carbocycles. The highest BCUT2D eigenvalue weighted by molar-refractivity contribution is 7.91. The Balaban J connectivity index is 1.51. The van der Waals surface area contributed by atoms with Crippen molar-refractivity contribution in [3.8, 4) is 5.75 Å². The molecule has 3 rings (SSSR count). The van der Waals surface area contributed by atoms with E-state index in [2.05, 4.69) is 4.90 Å². The van der Waals surface area contributed by atoms with E-state index in [9.17, 15) is 18.0 Å². The summed E-state index contributed by atoms with van der Waals surface area (Å²) >= 11 is 5.91. The van der Waals surface area contributed by atoms with Crippen molar-refractivity contribution < 1.29 is 22.7 Å². The minimum absolute atomic E-state index is 0.0655. The lowest BCUT2D eigenvalue weighted by atomic mass is 10.1. The summed E-state index contributed by atoms with van der Waals surface area (Å²) in [4.78, 5) is 28.0. The van der Waals surface area contributed by atoms with Gasteiger partial charge in [-0.1, -0.05) is 11.6 Å². The van der Waals surface area contributed by atoms with Crippen molar-refractivity contribution in [2.75, 3.05) is 44.3 Å². The van der Waals surface area contributed by atoms with Crippen LogP contribution in [0.3, 0.4) is 0 Å². The van der Waals surface area contributed by atoms with E-state index >= 15 is 0 Å². The molecular formula is C18H23ClN2O5S. The van der Waals surface area contributed by atoms with Gasteiger partial charge in [0, 0.05) is 37.2 Å². The number of amides is 1. The average Bonchev–Trinajstić information content (AvgIpc) is 3.00. The van der Waals surface area contributed by atoms with E-state index < -0.39 is 9.84 Å². The molecule has 0 unspecified atom stereocenters. The first-order valence-corrected chi connectivity index (χ1v) is 11.1. The second kappa shape index (κ2) is 8.16. The summed E-state index contributed by atoms with van der Waals surface area (Å²) in [5.41, 5.74) is 0.350. The fourth-order valence-electron chi connectivity index (χ4n) is 3.53. The molecular weight excluding hydrogens is 392 g/mol. The van der Waals surface area contributed by atoms with Gasteiger partial charge >= 0.3 is 0 Å². The highest BCUT2D eigenvalue weighted by atomic mass is 35.5. The molecule has 1 amide bonds. The van der Waals surface area contributed by atoms with Crippen LogP contribution in [-0.4, -0.2) is 80.2 Å². The minimum Gasteiger partial charge on any atom is -0.483 e. The highest BCUT2D eigenvalue weighted by Crippen LogP contribution is 2.24. The van der Waals surface area contributed by atoms with Crippen molar-refractivity contribution in [3.05, 3.63) is 28.8 Å². The minimum atomic E-state index is -2.91. The van der Waals surface area contributed by atoms with Gasteiger partial charge < -0.3 is 9.64 Å². The Morgan fingerprint density at radius 3 is 2.52 bits per heavy atom. The number of carbonyl (C=O) groups is 2. The molecule has 148 valence electrons. The molecule has 1 aromatic rings. The van der Waals surface area contributed by atoms with Crippen molar-refractivity contribution in [2.45, 2.75) is 19.4 Å². The molecule has 2 aliphatic heterocycles. The quantitative estimate of drug-likeness (QED) is 0.674. The van der Waals surface area contributed by atoms with Gasteiger partial charge in [-0.05, 0) is 31.5 Å². The van der Waals surface area contributed by atoms with Crippen LogP contribution >= 0.6 is 11.6 Å². The first-order chi connectivity index (χ1) is 12.7. The van der Waals surface area contributed by atoms with Crippen LogP contribution in [-0.2, 0) is 14.6 Å². The van der Waals surface area contributed by atoms with Gasteiger partial charge in [0.25, 0.3) is 5.91 Å². The SMILES string of the molecule is CC(=O)c1cc(Cl)ccc1OCC(=O)N1CCN([C@H]2CCS(=O)(=O)C2)CC1. The van der Waals surface area contributed by atoms with Crippen molar-refractivity contribution in [1.82, 2.24) is 9.80 Å². The first-order valence-electron chi connectivity index (χ1n) is 8.91. The van der Waals surface area contributed by atoms with E-state index in [1.165, 1.54) is 13.0 Å². The Kier molecular flexibility index (Phi) is 6.08. The molecule has 0 spiro atoms. The van der Waals surface area contributed by atoms with Crippen molar-refractivity contribution in [2.24, 2.45) is 0 Å². The number of halogens is 1. The number of benzene rings is 1. The number of piperazine rings is 1. The Morgan fingerprint density at radius 2 is 1.93 bits per heavy atom. The van der Waals surface area contributed by atoms with Crippen LogP contribution in [0, 0.1) is 0 Å². The summed E-state index contributed by atoms with van der Waals surface area (Å²) in [6.07, 6.45) is 0.670. The molecule has 0 radical (unpaired) electrons. The van der Waals surface area contributed by atoms with Gasteiger partial charge in [-0.2, -0.15) is 0 Å². The number of sulfone groups is 1. The monoisotopic (exact) mass is 414 g/mol. The normalized spacial score (nSPS) is 22.6. The van der Waals surface area contributed by atoms with E-state index in [0.717, 1.165) is 0 Å². The molecule has 2 fully saturated rings. The third-order valence-electron chi connectivity index (χ3n) is 5.06. The number of rotatable bonds is 5. The fourth-order valence-corrected chi connectivity index (χ4v) is 5.47. The van der Waals surface area contributed by atoms with Crippen molar-refractivity contribution in [1.29, 1.82) is 0 Å². The van der Waals surface area contributed by atoms with Crippen LogP contribution in [0.5, 0.6) is 5.75 Å². The summed E-state index contributed by atoms with van der Waals surface area (Å²) in [5.74, 6) is 0.479. The summed E-state index contributed by atoms with van der Waals surface area (Å²) in [6, 6.07) is 4.79. The molecule has 1 aromatic carbocycles. The number of hydrogen-bond acceptors (Lipinski definition) is 6. The van der Waals surface area contributed by atoms with Gasteiger partial charge in [0.15, 0.2) is 22.2 Å². The molecule has 2 heterocycles. The molecule has 0 N–H and O–H groups in total. The van der Waals surface area contributed by atoms with Crippen LogP contribution in [0.2, 0.25) is 5.02 Å². The van der Waals surface area contributed by atoms with E-state index in [1.54, 1.807) is 17.0 Å². The summed E-state index contributed by atoms with van der Waals surface area (Å²) in [5, 5.41) is 0.434. The molecule has 1 atom stereocenters. The van der Waals surface area contributed by atoms with Crippen molar-refractivity contribution in [3.63, 3.8) is 0 Å². The average molecular weight is 415 g/mol. The first kappa shape index (κ1) is 20.1. The number of nitrogens with zero attached hydrogens (tertiary/aromatic N) is 2. The molecule has 0 saturated carbocycles. The second-order valence-corrected chi connectivity index (χ2v) is 9.62. The predicted octanol–water partition coefficient (Wildman–Crippen LogP) is 1.25. The van der Waals surface area contributed by atoms with Crippen LogP contribution in [0.15, 0.2) is 18.2 Å². The third kappa shape index (κ3) is 5.00. The van der Waals surface area contributed by atoms with Crippen molar-refractivity contribution >= 4 is 33.1 Å². The van der Waals surface area contributed by atoms with Gasteiger partial charge in [0.1, 0.15) is 5.75 Å². The zero-order chi connectivity index (χ0) is 19.6. The van der Waals surface area contributed by atoms with Gasteiger partial charge in [-0.3, -0.25) is 14.5 Å². The Labute approximate surface area is 164 Å². The smallest absolute Gasteiger partial charge is 0.260 e. The van der Waals surface area contributed by atoms with E-state index in [-0.39, 0.29) is 35.8 Å². The van der Waals surface area contributed by atoms with Crippen LogP contribution in [0.1, 0.15) is 23.7 Å². The molecule has 7 nitrogen and oxygen atoms in total. The number of ketones is 1. The Hall–Kier alpha value is -1.64. The lowest BCUT2D eigenvalue weighted by Gasteiger charge is -2.37. The molecule has 2 aliphatic rings. The lowest BCUT2D eigenvalue weighted by Crippen LogP contribution is -2.53. The molecule has 2 saturated heterocycles. The van der Waals surface area contributed by atoms with E-state index in [4.69, 9.17) is 16.3 Å². The van der Waals surface area contributed by atoms with Gasteiger partial charge in [0.2, 0.25) is 0 Å². The number of hydrogen-bond donors (Lipinski definition) is 0. The van der Waals surface area contributed by atoms with Crippen LogP contribution < -0.4 is 4.74 Å². The maximum atomic E-state index is 12.4. The number of carbonyl (C=O) groups excluding carboxylic acids is 2. The van der Waals surface area contributed by atoms with Gasteiger partial charge in [-0.25, -0.2) is 8.42 Å². The zero-order valence-corrected chi connectivity index (χ0v) is 16.8. The highest BCUT2D eigenvalue weighted by Gasteiger charge is 2.34. The Morgan fingerprint density at radius 1 is 1.22 bits per heavy atom. The third-order valence-corrected chi connectivity index (χ3v) is 7.05. The predicted molar refractivity (Wildman–Crippen MR) is 102 cm³/mol. The largest absolute Gasteiger partial charge is 0.483 e. The second-order valence-electron chi connectivity index (χ2n) is 6.96. The molecule has 0 bridgehead atoms. The topological polar surface area (TPSA) is 84.0 Å². The zero-order valence-electron chi connectivity index (χ0n) is 15.2. The maximum Gasteiger partial charge on any atom is 0.260 e. The number of Topliss-reactive ketones (excluding diaryl/α,β-unsaturated/α-hetero) is 1. The Bertz CT molecular complexity index is 834. The standard InChI is InChI=1S/C18H23ClN2O5S/c1-13(22)16-10-14(19)2-3-17(16)26-11-18(23)21-7-5-20(6-8-21)15-4-9-27(24,25)12-15/h2-3,10,15H,4-9,11-12H2,1H3/t15-/m0/s1. The summed E-state index contributed by atoms with van der Waals surface area (Å²) < 4.78 is 28.8. The van der Waals surface area contributed by atoms with E-state index in [0.29, 0.717) is 48.9 Å². The summed E-state index contributed by atoms with van der Waals surface area (Å²) in [7, 11) is -2.91. The lowest BCUT2D eigenvalue weighted by molar-refractivity contribution is -0.135. The maximum absolute atomic E-state index is 12.4. The number of ether oxygens (including phenoxy) is 1. The van der Waals surface area contributed by atoms with E-state index in [1.807, 2.05) is 0 Å². The fraction of sp³-hybridized carbons (Fsp3) is 0.556. The van der Waals surface area contributed by atoms with Gasteiger partial charge in [0.05, 0.1) is 17.1 Å². The molecule has 9 heteroatoms. The summed E-state index contributed by atoms with van der Waals surface area (Å²) in [6.45, 7) is 3.66. The molecule has 0 aromatic heterocycles. The van der Waals surface area contributed by atoms with Gasteiger partial charge in [-0.15, -0.1) is 0 Å². The van der Waals surface area contributed by atoms with Crippen LogP contribution in [0.25, 0.3) is 0 Å².